The normalized spacial score (nSPS) is 26.9. The van der Waals surface area contributed by atoms with Crippen LogP contribution in [-0.4, -0.2) is 29.0 Å². The van der Waals surface area contributed by atoms with Crippen molar-refractivity contribution in [3.63, 3.8) is 0 Å². The zero-order chi connectivity index (χ0) is 11.5. The lowest BCUT2D eigenvalue weighted by atomic mass is 9.94. The monoisotopic (exact) mass is 219 g/mol. The fourth-order valence-corrected chi connectivity index (χ4v) is 2.32. The lowest BCUT2D eigenvalue weighted by Gasteiger charge is -2.35. The number of aryl methyl sites for hydroxylation is 1. The van der Waals surface area contributed by atoms with Gasteiger partial charge < -0.3 is 5.73 Å². The molecular formula is C13H21N3. The van der Waals surface area contributed by atoms with Crippen LogP contribution in [0.25, 0.3) is 0 Å². The maximum absolute atomic E-state index is 6.02. The minimum absolute atomic E-state index is 0.381. The average molecular weight is 219 g/mol. The van der Waals surface area contributed by atoms with Gasteiger partial charge in [-0.05, 0) is 37.4 Å². The molecule has 3 nitrogen and oxygen atoms in total. The summed E-state index contributed by atoms with van der Waals surface area (Å²) in [6.45, 7) is 7.55. The quantitative estimate of drug-likeness (QED) is 0.820. The molecule has 1 aliphatic rings. The molecule has 0 aromatic carbocycles. The van der Waals surface area contributed by atoms with Crippen LogP contribution in [0.2, 0.25) is 0 Å². The predicted molar refractivity (Wildman–Crippen MR) is 66.0 cm³/mol. The summed E-state index contributed by atoms with van der Waals surface area (Å²) in [4.78, 5) is 6.81. The number of hydrogen-bond acceptors (Lipinski definition) is 3. The van der Waals surface area contributed by atoms with E-state index in [0.717, 1.165) is 31.7 Å². The molecule has 0 amide bonds. The van der Waals surface area contributed by atoms with Gasteiger partial charge in [-0.25, -0.2) is 0 Å². The summed E-state index contributed by atoms with van der Waals surface area (Å²) in [6, 6.07) is 4.56. The van der Waals surface area contributed by atoms with Crippen molar-refractivity contribution < 1.29 is 0 Å². The molecular weight excluding hydrogens is 198 g/mol. The Balaban J connectivity index is 1.98. The molecule has 2 N–H and O–H groups in total. The van der Waals surface area contributed by atoms with E-state index in [1.54, 1.807) is 0 Å². The third-order valence-electron chi connectivity index (χ3n) is 3.57. The van der Waals surface area contributed by atoms with Gasteiger partial charge in [-0.1, -0.05) is 13.0 Å². The van der Waals surface area contributed by atoms with Gasteiger partial charge in [-0.15, -0.1) is 0 Å². The second-order valence-corrected chi connectivity index (χ2v) is 4.91. The van der Waals surface area contributed by atoms with Crippen molar-refractivity contribution in [2.45, 2.75) is 32.9 Å². The van der Waals surface area contributed by atoms with Gasteiger partial charge in [0.15, 0.2) is 0 Å². The lowest BCUT2D eigenvalue weighted by molar-refractivity contribution is 0.157. The van der Waals surface area contributed by atoms with Crippen molar-refractivity contribution in [1.82, 2.24) is 9.88 Å². The van der Waals surface area contributed by atoms with Gasteiger partial charge in [0.25, 0.3) is 0 Å². The Labute approximate surface area is 97.7 Å². The van der Waals surface area contributed by atoms with Crippen LogP contribution in [0.5, 0.6) is 0 Å². The molecule has 1 saturated heterocycles. The summed E-state index contributed by atoms with van der Waals surface area (Å²) in [7, 11) is 0. The smallest absolute Gasteiger partial charge is 0.0417 e. The highest BCUT2D eigenvalue weighted by Crippen LogP contribution is 2.17. The molecule has 16 heavy (non-hydrogen) atoms. The van der Waals surface area contributed by atoms with Crippen molar-refractivity contribution in [1.29, 1.82) is 0 Å². The number of aromatic nitrogens is 1. The number of rotatable bonds is 2. The molecule has 1 aliphatic heterocycles. The van der Waals surface area contributed by atoms with E-state index in [0.29, 0.717) is 12.0 Å². The summed E-state index contributed by atoms with van der Waals surface area (Å²) in [6.07, 6.45) is 2.97. The number of likely N-dealkylation sites (tertiary alicyclic amines) is 1. The van der Waals surface area contributed by atoms with E-state index >= 15 is 0 Å². The Hall–Kier alpha value is -0.930. The third-order valence-corrected chi connectivity index (χ3v) is 3.57. The second-order valence-electron chi connectivity index (χ2n) is 4.91. The first kappa shape index (κ1) is 11.6. The van der Waals surface area contributed by atoms with Gasteiger partial charge in [-0.3, -0.25) is 9.88 Å². The van der Waals surface area contributed by atoms with Gasteiger partial charge in [0, 0.05) is 31.0 Å². The number of piperidine rings is 1. The molecule has 0 bridgehead atoms. The molecule has 0 spiro atoms. The van der Waals surface area contributed by atoms with E-state index in [9.17, 15) is 0 Å². The fourth-order valence-electron chi connectivity index (χ4n) is 2.32. The van der Waals surface area contributed by atoms with Crippen LogP contribution in [0.15, 0.2) is 18.3 Å². The third kappa shape index (κ3) is 2.60. The minimum Gasteiger partial charge on any atom is -0.327 e. The zero-order valence-corrected chi connectivity index (χ0v) is 10.2. The van der Waals surface area contributed by atoms with Gasteiger partial charge in [0.1, 0.15) is 0 Å². The van der Waals surface area contributed by atoms with Crippen LogP contribution in [0, 0.1) is 12.8 Å². The summed E-state index contributed by atoms with van der Waals surface area (Å²) in [5, 5.41) is 0. The summed E-state index contributed by atoms with van der Waals surface area (Å²) < 4.78 is 0. The molecule has 1 aromatic heterocycles. The highest BCUT2D eigenvalue weighted by molar-refractivity contribution is 5.18. The first-order valence-corrected chi connectivity index (χ1v) is 6.05. The highest BCUT2D eigenvalue weighted by Gasteiger charge is 2.23. The van der Waals surface area contributed by atoms with Crippen molar-refractivity contribution in [2.24, 2.45) is 11.7 Å². The van der Waals surface area contributed by atoms with E-state index in [4.69, 9.17) is 5.73 Å². The SMILES string of the molecule is Cc1ncccc1CN1CCC(N)C(C)C1. The van der Waals surface area contributed by atoms with E-state index in [1.807, 2.05) is 12.3 Å². The molecule has 2 unspecified atom stereocenters. The van der Waals surface area contributed by atoms with Gasteiger partial charge in [0.05, 0.1) is 0 Å². The summed E-state index contributed by atoms with van der Waals surface area (Å²) in [5.74, 6) is 0.603. The van der Waals surface area contributed by atoms with Crippen LogP contribution >= 0.6 is 0 Å². The minimum atomic E-state index is 0.381. The summed E-state index contributed by atoms with van der Waals surface area (Å²) in [5.41, 5.74) is 8.51. The number of pyridine rings is 1. The van der Waals surface area contributed by atoms with Gasteiger partial charge in [-0.2, -0.15) is 0 Å². The van der Waals surface area contributed by atoms with E-state index in [2.05, 4.69) is 29.8 Å². The Kier molecular flexibility index (Phi) is 3.56. The van der Waals surface area contributed by atoms with Crippen LogP contribution in [-0.2, 0) is 6.54 Å². The van der Waals surface area contributed by atoms with Crippen LogP contribution in [0.1, 0.15) is 24.6 Å². The predicted octanol–water partition coefficient (Wildman–Crippen LogP) is 1.56. The Morgan fingerprint density at radius 2 is 2.38 bits per heavy atom. The molecule has 1 fully saturated rings. The second kappa shape index (κ2) is 4.93. The maximum atomic E-state index is 6.02. The van der Waals surface area contributed by atoms with E-state index in [-0.39, 0.29) is 0 Å². The lowest BCUT2D eigenvalue weighted by Crippen LogP contribution is -2.45. The largest absolute Gasteiger partial charge is 0.327 e. The van der Waals surface area contributed by atoms with E-state index in [1.165, 1.54) is 5.56 Å². The standard InChI is InChI=1S/C13H21N3/c1-10-8-16(7-5-13(10)14)9-12-4-3-6-15-11(12)2/h3-4,6,10,13H,5,7-9,14H2,1-2H3. The Morgan fingerprint density at radius 3 is 3.06 bits per heavy atom. The van der Waals surface area contributed by atoms with Crippen molar-refractivity contribution in [3.8, 4) is 0 Å². The highest BCUT2D eigenvalue weighted by atomic mass is 15.1. The first-order chi connectivity index (χ1) is 7.66. The first-order valence-electron chi connectivity index (χ1n) is 6.05. The molecule has 88 valence electrons. The molecule has 3 heteroatoms. The van der Waals surface area contributed by atoms with Crippen LogP contribution < -0.4 is 5.73 Å². The molecule has 1 aromatic rings. The van der Waals surface area contributed by atoms with Crippen molar-refractivity contribution in [2.75, 3.05) is 13.1 Å². The molecule has 0 radical (unpaired) electrons. The van der Waals surface area contributed by atoms with E-state index < -0.39 is 0 Å². The molecule has 2 rings (SSSR count). The molecule has 0 saturated carbocycles. The Bertz CT molecular complexity index is 351. The topological polar surface area (TPSA) is 42.2 Å². The van der Waals surface area contributed by atoms with Gasteiger partial charge in [0.2, 0.25) is 0 Å². The van der Waals surface area contributed by atoms with Gasteiger partial charge >= 0.3 is 0 Å². The van der Waals surface area contributed by atoms with Crippen LogP contribution in [0.3, 0.4) is 0 Å². The maximum Gasteiger partial charge on any atom is 0.0417 e. The number of nitrogens with zero attached hydrogens (tertiary/aromatic N) is 2. The average Bonchev–Trinajstić information content (AvgIpc) is 2.27. The zero-order valence-electron chi connectivity index (χ0n) is 10.2. The molecule has 2 heterocycles. The Morgan fingerprint density at radius 1 is 1.56 bits per heavy atom. The number of hydrogen-bond donors (Lipinski definition) is 1. The summed E-state index contributed by atoms with van der Waals surface area (Å²) >= 11 is 0. The fraction of sp³-hybridized carbons (Fsp3) is 0.615. The van der Waals surface area contributed by atoms with Crippen LogP contribution in [0.4, 0.5) is 0 Å². The number of nitrogens with two attached hydrogens (primary N) is 1. The van der Waals surface area contributed by atoms with Crippen molar-refractivity contribution >= 4 is 0 Å². The molecule has 2 atom stereocenters. The molecule has 0 aliphatic carbocycles. The van der Waals surface area contributed by atoms with Crippen molar-refractivity contribution in [3.05, 3.63) is 29.6 Å².